The molecular formula is C27H26N4O4. The zero-order valence-electron chi connectivity index (χ0n) is 19.4. The molecule has 1 aliphatic rings. The fourth-order valence-corrected chi connectivity index (χ4v) is 4.52. The van der Waals surface area contributed by atoms with Gasteiger partial charge in [0.2, 0.25) is 0 Å². The Labute approximate surface area is 202 Å². The molecule has 8 nitrogen and oxygen atoms in total. The number of fused-ring (bicyclic) bond motifs is 1. The van der Waals surface area contributed by atoms with Gasteiger partial charge >= 0.3 is 5.97 Å². The monoisotopic (exact) mass is 470 g/mol. The Kier molecular flexibility index (Phi) is 6.18. The van der Waals surface area contributed by atoms with Gasteiger partial charge in [0.15, 0.2) is 0 Å². The SMILES string of the molecule is Cc1ccn2c(NC3CCCCC3)c(-c3ccc(OC(=O)c4cccc([N+](=O)[O-])c4)cc3)nc2c1. The zero-order chi connectivity index (χ0) is 24.4. The van der Waals surface area contributed by atoms with Crippen LogP contribution in [0, 0.1) is 17.0 Å². The lowest BCUT2D eigenvalue weighted by molar-refractivity contribution is -0.384. The van der Waals surface area contributed by atoms with Gasteiger partial charge in [-0.15, -0.1) is 0 Å². The summed E-state index contributed by atoms with van der Waals surface area (Å²) in [5.41, 5.74) is 3.73. The Morgan fingerprint density at radius 3 is 2.60 bits per heavy atom. The summed E-state index contributed by atoms with van der Waals surface area (Å²) in [5, 5.41) is 14.7. The zero-order valence-corrected chi connectivity index (χ0v) is 19.4. The highest BCUT2D eigenvalue weighted by Gasteiger charge is 2.20. The average molecular weight is 471 g/mol. The van der Waals surface area contributed by atoms with Crippen molar-refractivity contribution in [2.45, 2.75) is 45.1 Å². The molecule has 1 aliphatic carbocycles. The number of benzene rings is 2. The number of pyridine rings is 1. The lowest BCUT2D eigenvalue weighted by Crippen LogP contribution is -2.23. The molecule has 8 heteroatoms. The first-order chi connectivity index (χ1) is 17.0. The van der Waals surface area contributed by atoms with Crippen LogP contribution >= 0.6 is 0 Å². The van der Waals surface area contributed by atoms with Gasteiger partial charge in [0.25, 0.3) is 5.69 Å². The number of ether oxygens (including phenoxy) is 1. The molecule has 0 saturated heterocycles. The van der Waals surface area contributed by atoms with Gasteiger partial charge in [0.05, 0.1) is 10.5 Å². The first-order valence-corrected chi connectivity index (χ1v) is 11.8. The Morgan fingerprint density at radius 1 is 1.09 bits per heavy atom. The summed E-state index contributed by atoms with van der Waals surface area (Å²) in [6.45, 7) is 2.05. The molecule has 0 radical (unpaired) electrons. The van der Waals surface area contributed by atoms with E-state index in [1.807, 2.05) is 25.3 Å². The number of carbonyl (C=O) groups excluding carboxylic acids is 1. The summed E-state index contributed by atoms with van der Waals surface area (Å²) in [6, 6.07) is 17.2. The number of rotatable bonds is 6. The van der Waals surface area contributed by atoms with Crippen LogP contribution in [-0.4, -0.2) is 26.3 Å². The van der Waals surface area contributed by atoms with E-state index in [4.69, 9.17) is 9.72 Å². The Bertz CT molecular complexity index is 1390. The molecule has 0 amide bonds. The minimum atomic E-state index is -0.649. The number of aromatic nitrogens is 2. The molecule has 2 aromatic heterocycles. The standard InChI is InChI=1S/C27H26N4O4/c1-18-14-15-30-24(16-18)29-25(26(30)28-21-7-3-2-4-8-21)19-10-12-23(13-11-19)35-27(32)20-6-5-9-22(17-20)31(33)34/h5-6,9-17,21,28H,2-4,7-8H2,1H3. The first-order valence-electron chi connectivity index (χ1n) is 11.8. The van der Waals surface area contributed by atoms with E-state index in [0.29, 0.717) is 11.8 Å². The van der Waals surface area contributed by atoms with E-state index in [-0.39, 0.29) is 11.3 Å². The lowest BCUT2D eigenvalue weighted by Gasteiger charge is -2.24. The second-order valence-corrected chi connectivity index (χ2v) is 8.94. The van der Waals surface area contributed by atoms with Gasteiger partial charge in [-0.3, -0.25) is 14.5 Å². The molecule has 0 unspecified atom stereocenters. The smallest absolute Gasteiger partial charge is 0.343 e. The molecule has 1 N–H and O–H groups in total. The molecular weight excluding hydrogens is 444 g/mol. The molecule has 35 heavy (non-hydrogen) atoms. The number of nitro benzene ring substituents is 1. The van der Waals surface area contributed by atoms with E-state index >= 15 is 0 Å². The predicted molar refractivity (Wildman–Crippen MR) is 134 cm³/mol. The van der Waals surface area contributed by atoms with Crippen molar-refractivity contribution in [1.29, 1.82) is 0 Å². The maximum Gasteiger partial charge on any atom is 0.343 e. The van der Waals surface area contributed by atoms with Crippen molar-refractivity contribution in [2.24, 2.45) is 0 Å². The number of carbonyl (C=O) groups is 1. The molecule has 2 aromatic carbocycles. The number of hydrogen-bond acceptors (Lipinski definition) is 6. The highest BCUT2D eigenvalue weighted by Crippen LogP contribution is 2.33. The van der Waals surface area contributed by atoms with Gasteiger partial charge in [0, 0.05) is 29.9 Å². The number of nitrogens with one attached hydrogen (secondary N) is 1. The molecule has 2 heterocycles. The first kappa shape index (κ1) is 22.6. The normalized spacial score (nSPS) is 14.1. The number of anilines is 1. The van der Waals surface area contributed by atoms with Crippen LogP contribution in [0.4, 0.5) is 11.5 Å². The molecule has 1 fully saturated rings. The third-order valence-electron chi connectivity index (χ3n) is 6.36. The van der Waals surface area contributed by atoms with Crippen LogP contribution in [0.2, 0.25) is 0 Å². The van der Waals surface area contributed by atoms with Crippen molar-refractivity contribution in [1.82, 2.24) is 9.38 Å². The molecule has 5 rings (SSSR count). The average Bonchev–Trinajstić information content (AvgIpc) is 3.22. The van der Waals surface area contributed by atoms with Gasteiger partial charge < -0.3 is 10.1 Å². The summed E-state index contributed by atoms with van der Waals surface area (Å²) >= 11 is 0. The quantitative estimate of drug-likeness (QED) is 0.156. The topological polar surface area (TPSA) is 98.8 Å². The van der Waals surface area contributed by atoms with E-state index < -0.39 is 10.9 Å². The highest BCUT2D eigenvalue weighted by atomic mass is 16.6. The van der Waals surface area contributed by atoms with Crippen LogP contribution in [0.15, 0.2) is 66.9 Å². The van der Waals surface area contributed by atoms with Crippen LogP contribution in [0.1, 0.15) is 48.0 Å². The number of nitrogens with zero attached hydrogens (tertiary/aromatic N) is 3. The molecule has 0 bridgehead atoms. The maximum absolute atomic E-state index is 12.5. The van der Waals surface area contributed by atoms with Gasteiger partial charge in [-0.1, -0.05) is 25.3 Å². The number of esters is 1. The summed E-state index contributed by atoms with van der Waals surface area (Å²) in [5.74, 6) is 0.671. The van der Waals surface area contributed by atoms with Gasteiger partial charge in [-0.2, -0.15) is 0 Å². The molecule has 1 saturated carbocycles. The van der Waals surface area contributed by atoms with Crippen LogP contribution in [0.5, 0.6) is 5.75 Å². The number of hydrogen-bond donors (Lipinski definition) is 1. The maximum atomic E-state index is 12.5. The molecule has 178 valence electrons. The molecule has 0 atom stereocenters. The van der Waals surface area contributed by atoms with Gasteiger partial charge in [-0.25, -0.2) is 9.78 Å². The van der Waals surface area contributed by atoms with Crippen LogP contribution in [0.3, 0.4) is 0 Å². The fraction of sp³-hybridized carbons (Fsp3) is 0.259. The van der Waals surface area contributed by atoms with E-state index in [0.717, 1.165) is 41.1 Å². The fourth-order valence-electron chi connectivity index (χ4n) is 4.52. The summed E-state index contributed by atoms with van der Waals surface area (Å²) < 4.78 is 7.54. The van der Waals surface area contributed by atoms with E-state index in [2.05, 4.69) is 21.9 Å². The Morgan fingerprint density at radius 2 is 1.86 bits per heavy atom. The van der Waals surface area contributed by atoms with Crippen LogP contribution in [0.25, 0.3) is 16.9 Å². The van der Waals surface area contributed by atoms with Crippen molar-refractivity contribution in [3.63, 3.8) is 0 Å². The summed E-state index contributed by atoms with van der Waals surface area (Å²) in [7, 11) is 0. The molecule has 0 aliphatic heterocycles. The number of nitro groups is 1. The van der Waals surface area contributed by atoms with Crippen molar-refractivity contribution in [2.75, 3.05) is 5.32 Å². The second kappa shape index (κ2) is 9.58. The van der Waals surface area contributed by atoms with E-state index in [1.54, 1.807) is 12.1 Å². The van der Waals surface area contributed by atoms with Gasteiger partial charge in [-0.05, 0) is 67.8 Å². The molecule has 0 spiro atoms. The largest absolute Gasteiger partial charge is 0.423 e. The number of imidazole rings is 1. The van der Waals surface area contributed by atoms with Crippen LogP contribution in [-0.2, 0) is 0 Å². The van der Waals surface area contributed by atoms with Crippen molar-refractivity contribution in [3.05, 3.63) is 88.1 Å². The number of aryl methyl sites for hydroxylation is 1. The minimum absolute atomic E-state index is 0.123. The molecule has 4 aromatic rings. The summed E-state index contributed by atoms with van der Waals surface area (Å²) in [6.07, 6.45) is 8.08. The Hall–Kier alpha value is -4.20. The van der Waals surface area contributed by atoms with Crippen LogP contribution < -0.4 is 10.1 Å². The van der Waals surface area contributed by atoms with Crippen molar-refractivity contribution < 1.29 is 14.5 Å². The van der Waals surface area contributed by atoms with Crippen molar-refractivity contribution >= 4 is 23.1 Å². The third-order valence-corrected chi connectivity index (χ3v) is 6.36. The van der Waals surface area contributed by atoms with E-state index in [1.165, 1.54) is 43.5 Å². The predicted octanol–water partition coefficient (Wildman–Crippen LogP) is 6.18. The highest BCUT2D eigenvalue weighted by molar-refractivity contribution is 5.91. The van der Waals surface area contributed by atoms with Crippen molar-refractivity contribution in [3.8, 4) is 17.0 Å². The third kappa shape index (κ3) is 4.87. The second-order valence-electron chi connectivity index (χ2n) is 8.94. The Balaban J connectivity index is 1.41. The number of non-ortho nitro benzene ring substituents is 1. The van der Waals surface area contributed by atoms with Gasteiger partial charge in [0.1, 0.15) is 22.9 Å². The van der Waals surface area contributed by atoms with E-state index in [9.17, 15) is 14.9 Å². The lowest BCUT2D eigenvalue weighted by atomic mass is 9.95. The summed E-state index contributed by atoms with van der Waals surface area (Å²) in [4.78, 5) is 27.8. The minimum Gasteiger partial charge on any atom is -0.423 e.